The predicted molar refractivity (Wildman–Crippen MR) is 119 cm³/mol. The average Bonchev–Trinajstić information content (AvgIpc) is 3.14. The lowest BCUT2D eigenvalue weighted by atomic mass is 9.33. The number of aliphatic hydroxyl groups excluding tert-OH is 1. The molecule has 182 valence electrons. The van der Waals surface area contributed by atoms with Gasteiger partial charge in [-0.25, -0.2) is 0 Å². The van der Waals surface area contributed by atoms with Crippen LogP contribution in [-0.2, 0) is 14.9 Å². The topological polar surface area (TPSA) is 73.6 Å². The standard InChI is InChI=1S/C25H27ClF2N2O4/c1-23(27,28)34-16-7-15(8-16)30-5-4-22(29-30)25-11-24(12-25,13-25)10-19(32)21-9-18(31)17-6-14(26)2-3-20(17)33-21/h2-6,15-16,18,21,31H,7-13H2,1H3/t15?,16?,18-,21-,24?,25?/m1/s1. The molecule has 0 spiro atoms. The molecule has 34 heavy (non-hydrogen) atoms. The maximum absolute atomic E-state index is 13.0. The second kappa shape index (κ2) is 7.48. The minimum Gasteiger partial charge on any atom is -0.482 e. The minimum atomic E-state index is -3.10. The molecule has 4 fully saturated rings. The van der Waals surface area contributed by atoms with Crippen LogP contribution in [0.25, 0.3) is 0 Å². The molecule has 4 aliphatic carbocycles. The quantitative estimate of drug-likeness (QED) is 0.579. The van der Waals surface area contributed by atoms with E-state index in [-0.39, 0.29) is 29.1 Å². The third-order valence-electron chi connectivity index (χ3n) is 8.06. The van der Waals surface area contributed by atoms with Crippen LogP contribution in [0.3, 0.4) is 0 Å². The third-order valence-corrected chi connectivity index (χ3v) is 8.29. The van der Waals surface area contributed by atoms with Crippen LogP contribution in [0.1, 0.15) is 75.3 Å². The number of ketones is 1. The second-order valence-corrected chi connectivity index (χ2v) is 11.3. The number of nitrogens with zero attached hydrogens (tertiary/aromatic N) is 2. The van der Waals surface area contributed by atoms with Gasteiger partial charge in [-0.1, -0.05) is 11.6 Å². The molecular formula is C25H27ClF2N2O4. The van der Waals surface area contributed by atoms with Crippen molar-refractivity contribution in [2.75, 3.05) is 0 Å². The van der Waals surface area contributed by atoms with E-state index in [0.717, 1.165) is 31.9 Å². The highest BCUT2D eigenvalue weighted by Crippen LogP contribution is 2.75. The third kappa shape index (κ3) is 3.74. The summed E-state index contributed by atoms with van der Waals surface area (Å²) in [5.74, 6) is 0.555. The van der Waals surface area contributed by atoms with Gasteiger partial charge in [0.25, 0.3) is 0 Å². The van der Waals surface area contributed by atoms with Gasteiger partial charge in [0.15, 0.2) is 11.9 Å². The van der Waals surface area contributed by atoms with E-state index >= 15 is 0 Å². The molecule has 1 aromatic heterocycles. The molecule has 9 heteroatoms. The molecule has 7 rings (SSSR count). The molecule has 0 amide bonds. The summed E-state index contributed by atoms with van der Waals surface area (Å²) in [6.07, 6.45) is 1.53. The molecule has 2 atom stereocenters. The zero-order chi connectivity index (χ0) is 23.9. The van der Waals surface area contributed by atoms with Crippen LogP contribution in [0.5, 0.6) is 5.75 Å². The number of rotatable bonds is 7. The number of carbonyl (C=O) groups is 1. The SMILES string of the molecule is CC(F)(F)OC1CC(n2ccc(C34CC(CC(=O)[C@H]5C[C@@H](O)c6cc(Cl)ccc6O5)(C3)C4)n2)C1. The van der Waals surface area contributed by atoms with Crippen LogP contribution in [-0.4, -0.2) is 39.0 Å². The Morgan fingerprint density at radius 1 is 1.29 bits per heavy atom. The number of fused-ring (bicyclic) bond motifs is 1. The van der Waals surface area contributed by atoms with Gasteiger partial charge in [-0.3, -0.25) is 9.48 Å². The maximum atomic E-state index is 13.0. The summed E-state index contributed by atoms with van der Waals surface area (Å²) in [4.78, 5) is 13.0. The largest absolute Gasteiger partial charge is 0.482 e. The summed E-state index contributed by atoms with van der Waals surface area (Å²) in [5.41, 5.74) is 1.68. The first-order valence-electron chi connectivity index (χ1n) is 11.8. The van der Waals surface area contributed by atoms with Gasteiger partial charge >= 0.3 is 6.11 Å². The molecule has 1 aromatic carbocycles. The summed E-state index contributed by atoms with van der Waals surface area (Å²) in [6.45, 7) is 0.771. The molecule has 0 radical (unpaired) electrons. The van der Waals surface area contributed by atoms with Crippen LogP contribution in [0.2, 0.25) is 5.02 Å². The normalized spacial score (nSPS) is 35.9. The Hall–Kier alpha value is -2.03. The minimum absolute atomic E-state index is 0.00242. The maximum Gasteiger partial charge on any atom is 0.353 e. The van der Waals surface area contributed by atoms with Crippen molar-refractivity contribution in [2.24, 2.45) is 5.41 Å². The Morgan fingerprint density at radius 2 is 2.03 bits per heavy atom. The van der Waals surface area contributed by atoms with Gasteiger partial charge in [0.1, 0.15) is 5.75 Å². The molecule has 4 saturated carbocycles. The van der Waals surface area contributed by atoms with Crippen LogP contribution in [0, 0.1) is 5.41 Å². The fraction of sp³-hybridized carbons (Fsp3) is 0.600. The summed E-state index contributed by atoms with van der Waals surface area (Å²) in [5, 5.41) is 15.8. The van der Waals surface area contributed by atoms with Gasteiger partial charge in [-0.15, -0.1) is 0 Å². The number of hydrogen-bond acceptors (Lipinski definition) is 5. The molecule has 1 aliphatic heterocycles. The number of alkyl halides is 2. The van der Waals surface area contributed by atoms with E-state index in [4.69, 9.17) is 26.2 Å². The molecule has 6 nitrogen and oxygen atoms in total. The van der Waals surface area contributed by atoms with Gasteiger partial charge in [-0.2, -0.15) is 13.9 Å². The number of carbonyl (C=O) groups excluding carboxylic acids is 1. The number of hydrogen-bond donors (Lipinski definition) is 1. The van der Waals surface area contributed by atoms with Crippen LogP contribution >= 0.6 is 11.6 Å². The number of aliphatic hydroxyl groups is 1. The smallest absolute Gasteiger partial charge is 0.353 e. The first-order chi connectivity index (χ1) is 16.0. The van der Waals surface area contributed by atoms with E-state index in [9.17, 15) is 18.7 Å². The van der Waals surface area contributed by atoms with Crippen molar-refractivity contribution in [3.8, 4) is 5.75 Å². The zero-order valence-electron chi connectivity index (χ0n) is 18.8. The molecular weight excluding hydrogens is 466 g/mol. The summed E-state index contributed by atoms with van der Waals surface area (Å²) in [7, 11) is 0. The second-order valence-electron chi connectivity index (χ2n) is 10.8. The zero-order valence-corrected chi connectivity index (χ0v) is 19.6. The van der Waals surface area contributed by atoms with E-state index < -0.39 is 24.4 Å². The number of benzene rings is 1. The monoisotopic (exact) mass is 492 g/mol. The van der Waals surface area contributed by atoms with Crippen LogP contribution in [0.4, 0.5) is 8.78 Å². The molecule has 5 aliphatic rings. The van der Waals surface area contributed by atoms with Gasteiger partial charge in [-0.05, 0) is 61.8 Å². The van der Waals surface area contributed by atoms with E-state index in [0.29, 0.717) is 35.6 Å². The van der Waals surface area contributed by atoms with Gasteiger partial charge in [0, 0.05) is 42.0 Å². The molecule has 2 heterocycles. The van der Waals surface area contributed by atoms with Crippen molar-refractivity contribution in [1.29, 1.82) is 0 Å². The van der Waals surface area contributed by atoms with Crippen molar-refractivity contribution in [3.63, 3.8) is 0 Å². The van der Waals surface area contributed by atoms with Crippen molar-refractivity contribution >= 4 is 17.4 Å². The first-order valence-corrected chi connectivity index (χ1v) is 12.2. The predicted octanol–water partition coefficient (Wildman–Crippen LogP) is 5.13. The molecule has 2 bridgehead atoms. The van der Waals surface area contributed by atoms with Gasteiger partial charge < -0.3 is 14.6 Å². The highest BCUT2D eigenvalue weighted by atomic mass is 35.5. The Kier molecular flexibility index (Phi) is 4.94. The Bertz CT molecular complexity index is 1120. The van der Waals surface area contributed by atoms with E-state index in [1.54, 1.807) is 18.2 Å². The molecule has 2 aromatic rings. The lowest BCUT2D eigenvalue weighted by molar-refractivity contribution is -0.267. The number of Topliss-reactive ketones (excluding diaryl/α,β-unsaturated/α-hetero) is 1. The lowest BCUT2D eigenvalue weighted by Crippen LogP contribution is -2.65. The van der Waals surface area contributed by atoms with E-state index in [2.05, 4.69) is 0 Å². The highest BCUT2D eigenvalue weighted by Gasteiger charge is 2.69. The summed E-state index contributed by atoms with van der Waals surface area (Å²) in [6, 6.07) is 7.20. The van der Waals surface area contributed by atoms with Gasteiger partial charge in [0.2, 0.25) is 0 Å². The summed E-state index contributed by atoms with van der Waals surface area (Å²) >= 11 is 6.01. The average molecular weight is 493 g/mol. The highest BCUT2D eigenvalue weighted by molar-refractivity contribution is 6.30. The molecule has 0 saturated heterocycles. The van der Waals surface area contributed by atoms with Crippen LogP contribution in [0.15, 0.2) is 30.5 Å². The fourth-order valence-corrected chi connectivity index (χ4v) is 6.70. The van der Waals surface area contributed by atoms with Crippen molar-refractivity contribution in [2.45, 2.75) is 87.7 Å². The number of ether oxygens (including phenoxy) is 2. The lowest BCUT2D eigenvalue weighted by Gasteiger charge is -2.70. The number of aromatic nitrogens is 2. The van der Waals surface area contributed by atoms with Crippen molar-refractivity contribution in [1.82, 2.24) is 9.78 Å². The number of halogens is 3. The summed E-state index contributed by atoms with van der Waals surface area (Å²) < 4.78 is 38.5. The van der Waals surface area contributed by atoms with E-state index in [1.807, 2.05) is 16.9 Å². The first kappa shape index (κ1) is 22.4. The van der Waals surface area contributed by atoms with Crippen molar-refractivity contribution < 1.29 is 28.2 Å². The van der Waals surface area contributed by atoms with Gasteiger partial charge in [0.05, 0.1) is 23.9 Å². The molecule has 0 unspecified atom stereocenters. The Morgan fingerprint density at radius 3 is 2.74 bits per heavy atom. The van der Waals surface area contributed by atoms with E-state index in [1.165, 1.54) is 0 Å². The molecule has 1 N–H and O–H groups in total. The Balaban J connectivity index is 1.03. The Labute approximate surface area is 201 Å². The van der Waals surface area contributed by atoms with Crippen LogP contribution < -0.4 is 4.74 Å². The van der Waals surface area contributed by atoms with Crippen molar-refractivity contribution in [3.05, 3.63) is 46.7 Å². The fourth-order valence-electron chi connectivity index (χ4n) is 6.52.